The molecule has 0 bridgehead atoms. The van der Waals surface area contributed by atoms with Crippen molar-refractivity contribution < 1.29 is 4.79 Å². The van der Waals surface area contributed by atoms with Crippen LogP contribution >= 0.6 is 11.8 Å². The topological polar surface area (TPSA) is 59.8 Å². The van der Waals surface area contributed by atoms with Crippen LogP contribution in [-0.4, -0.2) is 26.4 Å². The lowest BCUT2D eigenvalue weighted by Crippen LogP contribution is -2.24. The Bertz CT molecular complexity index is 883. The summed E-state index contributed by atoms with van der Waals surface area (Å²) >= 11 is 1.55. The SMILES string of the molecule is CC(C)(C)c1ccc(SCC(=O)NCc2ccnc(-n3cccn3)c2)cc1. The highest BCUT2D eigenvalue weighted by atomic mass is 32.2. The number of nitrogens with zero attached hydrogens (tertiary/aromatic N) is 3. The molecule has 6 heteroatoms. The van der Waals surface area contributed by atoms with Crippen molar-refractivity contribution in [3.05, 3.63) is 72.2 Å². The van der Waals surface area contributed by atoms with Crippen molar-refractivity contribution >= 4 is 17.7 Å². The molecule has 0 unspecified atom stereocenters. The minimum Gasteiger partial charge on any atom is -0.351 e. The third-order valence-electron chi connectivity index (χ3n) is 4.13. The van der Waals surface area contributed by atoms with Gasteiger partial charge in [0.1, 0.15) is 0 Å². The van der Waals surface area contributed by atoms with Gasteiger partial charge in [-0.15, -0.1) is 11.8 Å². The average molecular weight is 381 g/mol. The number of carbonyl (C=O) groups excluding carboxylic acids is 1. The molecule has 27 heavy (non-hydrogen) atoms. The summed E-state index contributed by atoms with van der Waals surface area (Å²) in [7, 11) is 0. The van der Waals surface area contributed by atoms with E-state index in [-0.39, 0.29) is 11.3 Å². The minimum atomic E-state index is 0.0114. The second-order valence-corrected chi connectivity index (χ2v) is 8.36. The van der Waals surface area contributed by atoms with Crippen molar-refractivity contribution in [2.75, 3.05) is 5.75 Å². The molecule has 0 spiro atoms. The predicted molar refractivity (Wildman–Crippen MR) is 109 cm³/mol. The molecule has 0 radical (unpaired) electrons. The highest BCUT2D eigenvalue weighted by Crippen LogP contribution is 2.25. The van der Waals surface area contributed by atoms with E-state index in [1.807, 2.05) is 24.4 Å². The van der Waals surface area contributed by atoms with Crippen LogP contribution in [0.4, 0.5) is 0 Å². The normalized spacial score (nSPS) is 11.4. The molecule has 0 aliphatic heterocycles. The van der Waals surface area contributed by atoms with Crippen molar-refractivity contribution in [3.8, 4) is 5.82 Å². The second kappa shape index (κ2) is 8.39. The van der Waals surface area contributed by atoms with Crippen LogP contribution in [0.5, 0.6) is 0 Å². The monoisotopic (exact) mass is 380 g/mol. The van der Waals surface area contributed by atoms with Gasteiger partial charge in [0.05, 0.1) is 5.75 Å². The third kappa shape index (κ3) is 5.44. The Balaban J connectivity index is 1.49. The number of benzene rings is 1. The van der Waals surface area contributed by atoms with Crippen LogP contribution in [0.3, 0.4) is 0 Å². The van der Waals surface area contributed by atoms with E-state index in [0.29, 0.717) is 12.3 Å². The van der Waals surface area contributed by atoms with E-state index in [9.17, 15) is 4.79 Å². The molecule has 1 amide bonds. The molecule has 0 atom stereocenters. The number of aromatic nitrogens is 3. The first-order chi connectivity index (χ1) is 12.9. The van der Waals surface area contributed by atoms with E-state index in [1.54, 1.807) is 28.8 Å². The molecule has 3 aromatic rings. The second-order valence-electron chi connectivity index (χ2n) is 7.31. The highest BCUT2D eigenvalue weighted by Gasteiger charge is 2.13. The summed E-state index contributed by atoms with van der Waals surface area (Å²) < 4.78 is 1.70. The first-order valence-corrected chi connectivity index (χ1v) is 9.85. The van der Waals surface area contributed by atoms with Gasteiger partial charge in [0.2, 0.25) is 5.91 Å². The number of pyridine rings is 1. The van der Waals surface area contributed by atoms with Gasteiger partial charge in [-0.25, -0.2) is 9.67 Å². The van der Waals surface area contributed by atoms with Crippen molar-refractivity contribution in [1.82, 2.24) is 20.1 Å². The van der Waals surface area contributed by atoms with Gasteiger partial charge in [0.15, 0.2) is 5.82 Å². The van der Waals surface area contributed by atoms with Crippen LogP contribution in [0.15, 0.2) is 66.0 Å². The molecular formula is C21H24N4OS. The Labute approximate surface area is 164 Å². The maximum Gasteiger partial charge on any atom is 0.230 e. The van der Waals surface area contributed by atoms with Gasteiger partial charge in [-0.1, -0.05) is 32.9 Å². The van der Waals surface area contributed by atoms with Crippen molar-refractivity contribution in [2.24, 2.45) is 0 Å². The van der Waals surface area contributed by atoms with Gasteiger partial charge in [0, 0.05) is 30.0 Å². The molecule has 2 heterocycles. The summed E-state index contributed by atoms with van der Waals surface area (Å²) in [6.07, 6.45) is 5.28. The summed E-state index contributed by atoms with van der Waals surface area (Å²) in [6.45, 7) is 7.05. The fourth-order valence-corrected chi connectivity index (χ4v) is 3.28. The Morgan fingerprint density at radius 1 is 1.15 bits per heavy atom. The zero-order valence-corrected chi connectivity index (χ0v) is 16.7. The predicted octanol–water partition coefficient (Wildman–Crippen LogP) is 3.97. The fourth-order valence-electron chi connectivity index (χ4n) is 2.55. The van der Waals surface area contributed by atoms with E-state index in [1.165, 1.54) is 5.56 Å². The summed E-state index contributed by atoms with van der Waals surface area (Å²) in [5.74, 6) is 1.14. The average Bonchev–Trinajstić information content (AvgIpc) is 3.19. The molecule has 0 aliphatic carbocycles. The Hall–Kier alpha value is -2.60. The number of nitrogens with one attached hydrogen (secondary N) is 1. The first-order valence-electron chi connectivity index (χ1n) is 8.87. The molecule has 3 rings (SSSR count). The van der Waals surface area contributed by atoms with Crippen LogP contribution in [0, 0.1) is 0 Å². The Morgan fingerprint density at radius 2 is 1.93 bits per heavy atom. The van der Waals surface area contributed by atoms with Crippen LogP contribution in [0.25, 0.3) is 5.82 Å². The van der Waals surface area contributed by atoms with Crippen molar-refractivity contribution in [1.29, 1.82) is 0 Å². The molecule has 1 aromatic carbocycles. The van der Waals surface area contributed by atoms with Crippen LogP contribution < -0.4 is 5.32 Å². The molecule has 0 saturated heterocycles. The van der Waals surface area contributed by atoms with Gasteiger partial charge in [-0.05, 0) is 46.9 Å². The largest absolute Gasteiger partial charge is 0.351 e. The molecule has 2 aromatic heterocycles. The summed E-state index contributed by atoms with van der Waals surface area (Å²) in [4.78, 5) is 17.6. The molecule has 0 aliphatic rings. The maximum atomic E-state index is 12.2. The van der Waals surface area contributed by atoms with E-state index in [2.05, 4.69) is 60.4 Å². The van der Waals surface area contributed by atoms with Crippen molar-refractivity contribution in [2.45, 2.75) is 37.6 Å². The van der Waals surface area contributed by atoms with E-state index < -0.39 is 0 Å². The van der Waals surface area contributed by atoms with E-state index in [0.717, 1.165) is 16.3 Å². The maximum absolute atomic E-state index is 12.2. The lowest BCUT2D eigenvalue weighted by molar-refractivity contribution is -0.118. The van der Waals surface area contributed by atoms with Crippen LogP contribution in [-0.2, 0) is 16.8 Å². The van der Waals surface area contributed by atoms with Crippen molar-refractivity contribution in [3.63, 3.8) is 0 Å². The fraction of sp³-hybridized carbons (Fsp3) is 0.286. The lowest BCUT2D eigenvalue weighted by Gasteiger charge is -2.19. The van der Waals surface area contributed by atoms with Crippen LogP contribution in [0.2, 0.25) is 0 Å². The highest BCUT2D eigenvalue weighted by molar-refractivity contribution is 8.00. The number of rotatable bonds is 6. The zero-order valence-electron chi connectivity index (χ0n) is 15.8. The Kier molecular flexibility index (Phi) is 5.96. The molecule has 1 N–H and O–H groups in total. The van der Waals surface area contributed by atoms with Gasteiger partial charge >= 0.3 is 0 Å². The number of hydrogen-bond donors (Lipinski definition) is 1. The van der Waals surface area contributed by atoms with Crippen LogP contribution in [0.1, 0.15) is 31.9 Å². The molecule has 0 saturated carbocycles. The van der Waals surface area contributed by atoms with Gasteiger partial charge in [-0.3, -0.25) is 4.79 Å². The van der Waals surface area contributed by atoms with Gasteiger partial charge in [0.25, 0.3) is 0 Å². The zero-order chi connectivity index (χ0) is 19.3. The Morgan fingerprint density at radius 3 is 2.59 bits per heavy atom. The third-order valence-corrected chi connectivity index (χ3v) is 5.14. The number of carbonyl (C=O) groups is 1. The molecular weight excluding hydrogens is 356 g/mol. The van der Waals surface area contributed by atoms with Gasteiger partial charge < -0.3 is 5.32 Å². The minimum absolute atomic E-state index is 0.0114. The number of thioether (sulfide) groups is 1. The number of amides is 1. The van der Waals surface area contributed by atoms with Gasteiger partial charge in [-0.2, -0.15) is 5.10 Å². The molecule has 5 nitrogen and oxygen atoms in total. The lowest BCUT2D eigenvalue weighted by atomic mass is 9.87. The summed E-state index contributed by atoms with van der Waals surface area (Å²) in [6, 6.07) is 14.1. The number of hydrogen-bond acceptors (Lipinski definition) is 4. The smallest absolute Gasteiger partial charge is 0.230 e. The summed E-state index contributed by atoms with van der Waals surface area (Å²) in [5.41, 5.74) is 2.42. The van der Waals surface area contributed by atoms with E-state index >= 15 is 0 Å². The quantitative estimate of drug-likeness (QED) is 0.657. The molecule has 0 fully saturated rings. The molecule has 140 valence electrons. The first kappa shape index (κ1) is 19.2. The standard InChI is InChI=1S/C21H24N4OS/c1-21(2,3)17-5-7-18(8-6-17)27-15-20(26)23-14-16-9-11-22-19(13-16)25-12-4-10-24-25/h4-13H,14-15H2,1-3H3,(H,23,26). The summed E-state index contributed by atoms with van der Waals surface area (Å²) in [5, 5.41) is 7.13. The van der Waals surface area contributed by atoms with E-state index in [4.69, 9.17) is 0 Å².